The molecule has 0 radical (unpaired) electrons. The number of aliphatic hydroxyl groups excluding tert-OH is 1. The SMILES string of the molecule is O=C1N=C(N2CCN(CCO)CC2)S/C1=C/c1ccc(O)cc1O. The molecule has 1 saturated heterocycles. The van der Waals surface area contributed by atoms with Crippen molar-refractivity contribution in [1.29, 1.82) is 0 Å². The van der Waals surface area contributed by atoms with Crippen molar-refractivity contribution in [3.05, 3.63) is 28.7 Å². The minimum absolute atomic E-state index is 0.0299. The van der Waals surface area contributed by atoms with Gasteiger partial charge in [0, 0.05) is 44.4 Å². The van der Waals surface area contributed by atoms with Crippen LogP contribution in [-0.4, -0.2) is 75.5 Å². The summed E-state index contributed by atoms with van der Waals surface area (Å²) >= 11 is 1.29. The Morgan fingerprint density at radius 2 is 1.96 bits per heavy atom. The maximum atomic E-state index is 12.1. The number of amidine groups is 1. The number of aromatic hydroxyl groups is 2. The lowest BCUT2D eigenvalue weighted by atomic mass is 10.2. The normalized spacial score (nSPS) is 20.7. The fourth-order valence-electron chi connectivity index (χ4n) is 2.63. The Bertz CT molecular complexity index is 697. The zero-order valence-electron chi connectivity index (χ0n) is 13.1. The Labute approximate surface area is 143 Å². The van der Waals surface area contributed by atoms with E-state index in [4.69, 9.17) is 5.11 Å². The van der Waals surface area contributed by atoms with E-state index >= 15 is 0 Å². The van der Waals surface area contributed by atoms with Crippen LogP contribution in [0.1, 0.15) is 5.56 Å². The van der Waals surface area contributed by atoms with Gasteiger partial charge in [-0.05, 0) is 30.0 Å². The largest absolute Gasteiger partial charge is 0.508 e. The molecule has 2 aliphatic heterocycles. The highest BCUT2D eigenvalue weighted by Gasteiger charge is 2.28. The van der Waals surface area contributed by atoms with Crippen molar-refractivity contribution in [2.24, 2.45) is 4.99 Å². The van der Waals surface area contributed by atoms with Crippen LogP contribution < -0.4 is 0 Å². The van der Waals surface area contributed by atoms with Gasteiger partial charge in [0.05, 0.1) is 11.5 Å². The molecule has 2 heterocycles. The first-order valence-corrected chi connectivity index (χ1v) is 8.51. The Balaban J connectivity index is 1.67. The van der Waals surface area contributed by atoms with Crippen LogP contribution in [0.25, 0.3) is 6.08 Å². The average Bonchev–Trinajstić information content (AvgIpc) is 2.92. The highest BCUT2D eigenvalue weighted by atomic mass is 32.2. The van der Waals surface area contributed by atoms with E-state index < -0.39 is 0 Å². The molecule has 0 saturated carbocycles. The Morgan fingerprint density at radius 1 is 1.21 bits per heavy atom. The lowest BCUT2D eigenvalue weighted by molar-refractivity contribution is -0.113. The van der Waals surface area contributed by atoms with Gasteiger partial charge in [-0.1, -0.05) is 0 Å². The molecule has 3 N–H and O–H groups in total. The molecule has 0 aromatic heterocycles. The second-order valence-corrected chi connectivity index (χ2v) is 6.61. The zero-order chi connectivity index (χ0) is 17.1. The van der Waals surface area contributed by atoms with Crippen molar-refractivity contribution in [2.45, 2.75) is 0 Å². The van der Waals surface area contributed by atoms with Gasteiger partial charge in [-0.3, -0.25) is 9.69 Å². The first-order chi connectivity index (χ1) is 11.6. The lowest BCUT2D eigenvalue weighted by Gasteiger charge is -2.34. The summed E-state index contributed by atoms with van der Waals surface area (Å²) in [6.07, 6.45) is 1.58. The van der Waals surface area contributed by atoms with Gasteiger partial charge in [0.2, 0.25) is 0 Å². The number of carbonyl (C=O) groups is 1. The fourth-order valence-corrected chi connectivity index (χ4v) is 3.59. The topological polar surface area (TPSA) is 96.6 Å². The summed E-state index contributed by atoms with van der Waals surface area (Å²) in [5, 5.41) is 28.8. The molecule has 0 unspecified atom stereocenters. The number of phenolic OH excluding ortho intramolecular Hbond substituents is 2. The Hall–Kier alpha value is -2.03. The van der Waals surface area contributed by atoms with Crippen LogP contribution in [0.2, 0.25) is 0 Å². The van der Waals surface area contributed by atoms with E-state index in [1.165, 1.54) is 23.9 Å². The van der Waals surface area contributed by atoms with E-state index in [9.17, 15) is 15.0 Å². The predicted octanol–water partition coefficient (Wildman–Crippen LogP) is 0.678. The molecule has 0 spiro atoms. The van der Waals surface area contributed by atoms with Crippen molar-refractivity contribution >= 4 is 28.9 Å². The smallest absolute Gasteiger partial charge is 0.286 e. The highest BCUT2D eigenvalue weighted by molar-refractivity contribution is 8.18. The van der Waals surface area contributed by atoms with E-state index in [2.05, 4.69) is 14.8 Å². The van der Waals surface area contributed by atoms with Gasteiger partial charge in [0.15, 0.2) is 5.17 Å². The molecule has 0 bridgehead atoms. The number of phenols is 2. The van der Waals surface area contributed by atoms with Crippen LogP contribution in [0, 0.1) is 0 Å². The summed E-state index contributed by atoms with van der Waals surface area (Å²) in [5.41, 5.74) is 0.466. The molecule has 0 aliphatic carbocycles. The first kappa shape index (κ1) is 16.8. The number of aliphatic hydroxyl groups is 1. The lowest BCUT2D eigenvalue weighted by Crippen LogP contribution is -2.48. The third-order valence-corrected chi connectivity index (χ3v) is 5.01. The van der Waals surface area contributed by atoms with Crippen molar-refractivity contribution in [3.8, 4) is 11.5 Å². The van der Waals surface area contributed by atoms with Crippen molar-refractivity contribution < 1.29 is 20.1 Å². The fraction of sp³-hybridized carbons (Fsp3) is 0.375. The van der Waals surface area contributed by atoms with Crippen LogP contribution in [0.5, 0.6) is 11.5 Å². The van der Waals surface area contributed by atoms with Crippen molar-refractivity contribution in [3.63, 3.8) is 0 Å². The highest BCUT2D eigenvalue weighted by Crippen LogP contribution is 2.33. The van der Waals surface area contributed by atoms with Crippen LogP contribution >= 0.6 is 11.8 Å². The number of nitrogens with zero attached hydrogens (tertiary/aromatic N) is 3. The van der Waals surface area contributed by atoms with E-state index in [1.54, 1.807) is 12.1 Å². The summed E-state index contributed by atoms with van der Waals surface area (Å²) in [7, 11) is 0. The Morgan fingerprint density at radius 3 is 2.62 bits per heavy atom. The third kappa shape index (κ3) is 3.72. The number of piperazine rings is 1. The maximum absolute atomic E-state index is 12.1. The summed E-state index contributed by atoms with van der Waals surface area (Å²) in [4.78, 5) is 20.9. The van der Waals surface area contributed by atoms with Gasteiger partial charge >= 0.3 is 0 Å². The number of thioether (sulfide) groups is 1. The van der Waals surface area contributed by atoms with E-state index in [1.807, 2.05) is 0 Å². The molecule has 1 amide bonds. The molecular weight excluding hydrogens is 330 g/mol. The minimum Gasteiger partial charge on any atom is -0.508 e. The number of β-amino-alcohol motifs (C(OH)–C–C–N with tert-alkyl or cyclic N) is 1. The summed E-state index contributed by atoms with van der Waals surface area (Å²) in [6, 6.07) is 4.24. The Kier molecular flexibility index (Phi) is 5.08. The van der Waals surface area contributed by atoms with E-state index in [-0.39, 0.29) is 24.0 Å². The number of aliphatic imine (C=N–C) groups is 1. The summed E-state index contributed by atoms with van der Waals surface area (Å²) in [5.74, 6) is -0.431. The number of carbonyl (C=O) groups excluding carboxylic acids is 1. The third-order valence-electron chi connectivity index (χ3n) is 3.97. The molecule has 128 valence electrons. The predicted molar refractivity (Wildman–Crippen MR) is 92.9 cm³/mol. The van der Waals surface area contributed by atoms with Crippen LogP contribution in [0.15, 0.2) is 28.1 Å². The number of hydrogen-bond acceptors (Lipinski definition) is 7. The van der Waals surface area contributed by atoms with Gasteiger partial charge in [0.25, 0.3) is 5.91 Å². The molecule has 1 aromatic rings. The molecule has 24 heavy (non-hydrogen) atoms. The van der Waals surface area contributed by atoms with Crippen molar-refractivity contribution in [2.75, 3.05) is 39.3 Å². The molecule has 2 aliphatic rings. The van der Waals surface area contributed by atoms with Crippen LogP contribution in [0.4, 0.5) is 0 Å². The quantitative estimate of drug-likeness (QED) is 0.691. The molecule has 7 nitrogen and oxygen atoms in total. The molecule has 1 fully saturated rings. The molecule has 8 heteroatoms. The molecule has 0 atom stereocenters. The van der Waals surface area contributed by atoms with Gasteiger partial charge in [-0.15, -0.1) is 0 Å². The van der Waals surface area contributed by atoms with Crippen molar-refractivity contribution in [1.82, 2.24) is 9.80 Å². The van der Waals surface area contributed by atoms with Gasteiger partial charge in [-0.2, -0.15) is 4.99 Å². The second kappa shape index (κ2) is 7.25. The van der Waals surface area contributed by atoms with E-state index in [0.717, 1.165) is 26.2 Å². The number of rotatable bonds is 3. The molecular formula is C16H19N3O4S. The van der Waals surface area contributed by atoms with Gasteiger partial charge < -0.3 is 20.2 Å². The summed E-state index contributed by atoms with van der Waals surface area (Å²) < 4.78 is 0. The number of hydrogen-bond donors (Lipinski definition) is 3. The number of amides is 1. The number of benzene rings is 1. The standard InChI is InChI=1S/C16H19N3O4S/c20-8-7-18-3-5-19(6-4-18)16-17-15(23)14(24-16)9-11-1-2-12(21)10-13(11)22/h1-2,9-10,20-22H,3-8H2/b14-9+. The van der Waals surface area contributed by atoms with E-state index in [0.29, 0.717) is 22.2 Å². The summed E-state index contributed by atoms with van der Waals surface area (Å²) in [6.45, 7) is 3.99. The first-order valence-electron chi connectivity index (χ1n) is 7.69. The van der Waals surface area contributed by atoms with Gasteiger partial charge in [-0.25, -0.2) is 0 Å². The second-order valence-electron chi connectivity index (χ2n) is 5.61. The van der Waals surface area contributed by atoms with Crippen LogP contribution in [-0.2, 0) is 4.79 Å². The zero-order valence-corrected chi connectivity index (χ0v) is 13.9. The average molecular weight is 349 g/mol. The monoisotopic (exact) mass is 349 g/mol. The minimum atomic E-state index is -0.319. The maximum Gasteiger partial charge on any atom is 0.286 e. The molecule has 1 aromatic carbocycles. The molecule has 3 rings (SSSR count). The van der Waals surface area contributed by atoms with Crippen LogP contribution in [0.3, 0.4) is 0 Å². The van der Waals surface area contributed by atoms with Gasteiger partial charge in [0.1, 0.15) is 11.5 Å².